The van der Waals surface area contributed by atoms with Gasteiger partial charge < -0.3 is 19.9 Å². The normalized spacial score (nSPS) is 38.3. The van der Waals surface area contributed by atoms with Crippen molar-refractivity contribution in [3.63, 3.8) is 0 Å². The van der Waals surface area contributed by atoms with Gasteiger partial charge in [0.25, 0.3) is 0 Å². The Bertz CT molecular complexity index is 1060. The second kappa shape index (κ2) is 7.04. The number of anilines is 1. The zero-order valence-electron chi connectivity index (χ0n) is 18.2. The topological polar surface area (TPSA) is 102 Å². The van der Waals surface area contributed by atoms with Crippen molar-refractivity contribution in [2.45, 2.75) is 51.2 Å². The Morgan fingerprint density at radius 1 is 1.22 bits per heavy atom. The number of ether oxygens (including phenoxy) is 2. The van der Waals surface area contributed by atoms with Crippen molar-refractivity contribution >= 4 is 23.3 Å². The summed E-state index contributed by atoms with van der Waals surface area (Å²) in [5.41, 5.74) is -2.06. The van der Waals surface area contributed by atoms with E-state index in [9.17, 15) is 19.5 Å². The number of cyclic esters (lactones) is 1. The highest BCUT2D eigenvalue weighted by atomic mass is 16.6. The second-order valence-corrected chi connectivity index (χ2v) is 9.62. The molecule has 0 spiro atoms. The first-order chi connectivity index (χ1) is 15.2. The Labute approximate surface area is 186 Å². The number of hydrogen-bond donors (Lipinski definition) is 2. The molecule has 6 atom stereocenters. The van der Waals surface area contributed by atoms with E-state index in [2.05, 4.69) is 11.9 Å². The van der Waals surface area contributed by atoms with Gasteiger partial charge in [-0.05, 0) is 25.0 Å². The molecule has 32 heavy (non-hydrogen) atoms. The second-order valence-electron chi connectivity index (χ2n) is 9.62. The number of ketones is 1. The molecule has 2 bridgehead atoms. The number of carbonyl (C=O) groups excluding carboxylic acids is 3. The highest BCUT2D eigenvalue weighted by Gasteiger charge is 2.70. The van der Waals surface area contributed by atoms with Crippen LogP contribution in [0.3, 0.4) is 0 Å². The quantitative estimate of drug-likeness (QED) is 0.545. The number of fused-ring (bicyclic) bond motifs is 4. The smallest absolute Gasteiger partial charge is 0.351 e. The number of carbonyl (C=O) groups is 3. The van der Waals surface area contributed by atoms with E-state index in [4.69, 9.17) is 9.47 Å². The van der Waals surface area contributed by atoms with Crippen molar-refractivity contribution in [3.8, 4) is 0 Å². The molecule has 168 valence electrons. The number of aliphatic hydroxyl groups is 1. The van der Waals surface area contributed by atoms with Gasteiger partial charge in [-0.3, -0.25) is 9.59 Å². The number of Topliss-reactive ketones (excluding diaryl/α,β-unsaturated/α-hetero) is 1. The molecule has 0 saturated heterocycles. The van der Waals surface area contributed by atoms with Crippen molar-refractivity contribution in [2.75, 3.05) is 5.32 Å². The van der Waals surface area contributed by atoms with Gasteiger partial charge in [0.15, 0.2) is 17.3 Å². The Morgan fingerprint density at radius 2 is 1.94 bits per heavy atom. The van der Waals surface area contributed by atoms with E-state index < -0.39 is 46.6 Å². The van der Waals surface area contributed by atoms with Crippen molar-refractivity contribution in [1.82, 2.24) is 0 Å². The fraction of sp³-hybridized carbons (Fsp3) is 0.480. The zero-order valence-corrected chi connectivity index (χ0v) is 18.2. The summed E-state index contributed by atoms with van der Waals surface area (Å²) in [4.78, 5) is 40.0. The first-order valence-corrected chi connectivity index (χ1v) is 11.1. The Kier molecular flexibility index (Phi) is 4.60. The van der Waals surface area contributed by atoms with Crippen LogP contribution in [-0.2, 0) is 23.9 Å². The monoisotopic (exact) mass is 437 g/mol. The fourth-order valence-corrected chi connectivity index (χ4v) is 6.42. The molecule has 1 amide bonds. The molecule has 2 heterocycles. The lowest BCUT2D eigenvalue weighted by Crippen LogP contribution is -2.69. The molecule has 2 aliphatic heterocycles. The van der Waals surface area contributed by atoms with Gasteiger partial charge in [0.2, 0.25) is 5.91 Å². The van der Waals surface area contributed by atoms with Crippen LogP contribution in [0, 0.1) is 23.2 Å². The van der Waals surface area contributed by atoms with Crippen LogP contribution in [0.15, 0.2) is 54.0 Å². The van der Waals surface area contributed by atoms with Crippen molar-refractivity contribution < 1.29 is 29.0 Å². The highest BCUT2D eigenvalue weighted by Crippen LogP contribution is 2.61. The maximum atomic E-state index is 13.8. The molecule has 2 N–H and O–H groups in total. The highest BCUT2D eigenvalue weighted by molar-refractivity contribution is 6.22. The van der Waals surface area contributed by atoms with Gasteiger partial charge in [0.1, 0.15) is 17.6 Å². The fourth-order valence-electron chi connectivity index (χ4n) is 6.42. The Balaban J connectivity index is 1.66. The maximum absolute atomic E-state index is 13.8. The Hall–Kier alpha value is -2.93. The minimum atomic E-state index is -1.44. The van der Waals surface area contributed by atoms with Crippen LogP contribution < -0.4 is 5.32 Å². The summed E-state index contributed by atoms with van der Waals surface area (Å²) in [5.74, 6) is -3.41. The van der Waals surface area contributed by atoms with Gasteiger partial charge in [0, 0.05) is 22.9 Å². The van der Waals surface area contributed by atoms with E-state index in [1.165, 1.54) is 0 Å². The molecule has 1 aromatic carbocycles. The summed E-state index contributed by atoms with van der Waals surface area (Å²) >= 11 is 0. The Morgan fingerprint density at radius 3 is 2.66 bits per heavy atom. The average molecular weight is 437 g/mol. The van der Waals surface area contributed by atoms with Crippen LogP contribution in [0.4, 0.5) is 5.69 Å². The molecule has 2 saturated carbocycles. The van der Waals surface area contributed by atoms with E-state index in [1.807, 2.05) is 25.1 Å². The van der Waals surface area contributed by atoms with E-state index in [1.54, 1.807) is 19.1 Å². The largest absolute Gasteiger partial charge is 0.484 e. The molecule has 1 aromatic rings. The number of nitrogens with one attached hydrogen (secondary N) is 1. The summed E-state index contributed by atoms with van der Waals surface area (Å²) < 4.78 is 11.3. The zero-order chi connectivity index (χ0) is 22.8. The number of para-hydroxylation sites is 1. The van der Waals surface area contributed by atoms with E-state index in [-0.39, 0.29) is 23.0 Å². The molecule has 0 radical (unpaired) electrons. The third kappa shape index (κ3) is 2.67. The van der Waals surface area contributed by atoms with Crippen LogP contribution >= 0.6 is 0 Å². The van der Waals surface area contributed by atoms with E-state index in [0.717, 1.165) is 12.8 Å². The van der Waals surface area contributed by atoms with Crippen LogP contribution in [0.2, 0.25) is 0 Å². The molecular formula is C25H27NO6. The number of rotatable bonds is 2. The third-order valence-corrected chi connectivity index (χ3v) is 8.15. The first-order valence-electron chi connectivity index (χ1n) is 11.1. The van der Waals surface area contributed by atoms with Gasteiger partial charge in [-0.1, -0.05) is 51.5 Å². The van der Waals surface area contributed by atoms with Gasteiger partial charge in [0.05, 0.1) is 5.60 Å². The maximum Gasteiger partial charge on any atom is 0.351 e. The molecule has 4 aliphatic rings. The lowest BCUT2D eigenvalue weighted by Gasteiger charge is -2.59. The van der Waals surface area contributed by atoms with E-state index >= 15 is 0 Å². The predicted octanol–water partition coefficient (Wildman–Crippen LogP) is 3.11. The molecule has 7 heteroatoms. The summed E-state index contributed by atoms with van der Waals surface area (Å²) in [6, 6.07) is 9.04. The van der Waals surface area contributed by atoms with Gasteiger partial charge >= 0.3 is 5.97 Å². The number of hydrogen-bond acceptors (Lipinski definition) is 6. The average Bonchev–Trinajstić information content (AvgIpc) is 3.01. The number of benzene rings is 1. The van der Waals surface area contributed by atoms with Gasteiger partial charge in [-0.2, -0.15) is 0 Å². The van der Waals surface area contributed by atoms with Gasteiger partial charge in [-0.15, -0.1) is 0 Å². The number of amides is 1. The summed E-state index contributed by atoms with van der Waals surface area (Å²) in [6.07, 6.45) is 1.73. The molecule has 5 rings (SSSR count). The first kappa shape index (κ1) is 20.9. The lowest BCUT2D eigenvalue weighted by molar-refractivity contribution is -0.221. The minimum Gasteiger partial charge on any atom is -0.484 e. The molecule has 7 nitrogen and oxygen atoms in total. The SMILES string of the molecule is C=C1OC(=O)C2=C1O[C@@H]1[C@@H](C(=O)Nc3ccccc3)C3(O)CCCC[C@H]3[C@](C)(C2=O)[C@@H]1C. The minimum absolute atomic E-state index is 0.000308. The molecule has 2 aliphatic carbocycles. The van der Waals surface area contributed by atoms with E-state index in [0.29, 0.717) is 18.5 Å². The third-order valence-electron chi connectivity index (χ3n) is 8.15. The van der Waals surface area contributed by atoms with Crippen LogP contribution in [0.25, 0.3) is 0 Å². The number of esters is 1. The predicted molar refractivity (Wildman–Crippen MR) is 115 cm³/mol. The van der Waals surface area contributed by atoms with Crippen LogP contribution in [0.5, 0.6) is 0 Å². The molecular weight excluding hydrogens is 410 g/mol. The summed E-state index contributed by atoms with van der Waals surface area (Å²) in [6.45, 7) is 7.40. The van der Waals surface area contributed by atoms with Crippen molar-refractivity contribution in [3.05, 3.63) is 54.0 Å². The lowest BCUT2D eigenvalue weighted by atomic mass is 9.46. The van der Waals surface area contributed by atoms with Crippen molar-refractivity contribution in [1.29, 1.82) is 0 Å². The van der Waals surface area contributed by atoms with Crippen LogP contribution in [0.1, 0.15) is 39.5 Å². The van der Waals surface area contributed by atoms with Crippen molar-refractivity contribution in [2.24, 2.45) is 23.2 Å². The molecule has 1 unspecified atom stereocenters. The molecule has 0 aromatic heterocycles. The van der Waals surface area contributed by atoms with Gasteiger partial charge in [-0.25, -0.2) is 4.79 Å². The summed E-state index contributed by atoms with van der Waals surface area (Å²) in [7, 11) is 0. The summed E-state index contributed by atoms with van der Waals surface area (Å²) in [5, 5.41) is 15.0. The standard InChI is InChI=1S/C25H27NO6/c1-13-19-18(22(28)26-15-9-5-4-6-10-15)25(30)12-8-7-11-16(25)24(13,3)21(27)17-20(32-19)14(2)31-23(17)29/h4-6,9-10,13,16,18-19,30H,2,7-8,11-12H2,1,3H3,(H,26,28)/t13-,16+,18+,19+,24-,25?/m1/s1. The van der Waals surface area contributed by atoms with Crippen LogP contribution in [-0.4, -0.2) is 34.5 Å². The molecule has 2 fully saturated rings.